The fraction of sp³-hybridized carbons (Fsp3) is 0.692. The summed E-state index contributed by atoms with van der Waals surface area (Å²) in [4.78, 5) is 8.71. The lowest BCUT2D eigenvalue weighted by atomic mass is 10.0. The van der Waals surface area contributed by atoms with Gasteiger partial charge in [-0.1, -0.05) is 18.2 Å². The summed E-state index contributed by atoms with van der Waals surface area (Å²) < 4.78 is 0. The topological polar surface area (TPSA) is 58.0 Å². The predicted octanol–water partition coefficient (Wildman–Crippen LogP) is 2.44. The highest BCUT2D eigenvalue weighted by Gasteiger charge is 2.52. The second-order valence-electron chi connectivity index (χ2n) is 5.34. The molecule has 0 aromatic carbocycles. The lowest BCUT2D eigenvalue weighted by molar-refractivity contribution is 0.281. The molecule has 0 amide bonds. The number of hydrogen-bond donors (Lipinski definition) is 2. The fourth-order valence-electron chi connectivity index (χ4n) is 3.02. The van der Waals surface area contributed by atoms with Crippen LogP contribution in [0.4, 0.5) is 5.82 Å². The SMILES string of the molecule is CSc1ncc(CO)c(NC2CCCC23CC3)n1. The van der Waals surface area contributed by atoms with Gasteiger partial charge in [0.05, 0.1) is 6.61 Å². The van der Waals surface area contributed by atoms with Crippen LogP contribution < -0.4 is 5.32 Å². The van der Waals surface area contributed by atoms with Crippen LogP contribution in [0.1, 0.15) is 37.7 Å². The maximum Gasteiger partial charge on any atom is 0.189 e. The fourth-order valence-corrected chi connectivity index (χ4v) is 3.36. The van der Waals surface area contributed by atoms with E-state index in [2.05, 4.69) is 15.3 Å². The van der Waals surface area contributed by atoms with E-state index in [0.29, 0.717) is 11.5 Å². The van der Waals surface area contributed by atoms with E-state index >= 15 is 0 Å². The third-order valence-corrected chi connectivity index (χ3v) is 4.87. The van der Waals surface area contributed by atoms with Crippen LogP contribution in [0.2, 0.25) is 0 Å². The lowest BCUT2D eigenvalue weighted by Crippen LogP contribution is -2.26. The first-order valence-electron chi connectivity index (χ1n) is 6.55. The predicted molar refractivity (Wildman–Crippen MR) is 72.7 cm³/mol. The second-order valence-corrected chi connectivity index (χ2v) is 6.11. The zero-order valence-corrected chi connectivity index (χ0v) is 11.5. The van der Waals surface area contributed by atoms with Crippen LogP contribution in [-0.4, -0.2) is 27.4 Å². The number of thioether (sulfide) groups is 1. The van der Waals surface area contributed by atoms with E-state index in [1.165, 1.54) is 43.9 Å². The van der Waals surface area contributed by atoms with Crippen LogP contribution in [-0.2, 0) is 6.61 Å². The van der Waals surface area contributed by atoms with Crippen molar-refractivity contribution in [1.82, 2.24) is 9.97 Å². The maximum atomic E-state index is 9.37. The molecule has 0 saturated heterocycles. The highest BCUT2D eigenvalue weighted by molar-refractivity contribution is 7.98. The normalized spacial score (nSPS) is 24.4. The van der Waals surface area contributed by atoms with Gasteiger partial charge in [0, 0.05) is 17.8 Å². The van der Waals surface area contributed by atoms with Gasteiger partial charge in [-0.25, -0.2) is 9.97 Å². The summed E-state index contributed by atoms with van der Waals surface area (Å²) in [7, 11) is 0. The molecule has 1 spiro atoms. The number of aliphatic hydroxyl groups is 1. The summed E-state index contributed by atoms with van der Waals surface area (Å²) >= 11 is 1.53. The molecule has 2 N–H and O–H groups in total. The Bertz CT molecular complexity index is 448. The van der Waals surface area contributed by atoms with Gasteiger partial charge in [-0.05, 0) is 37.4 Å². The summed E-state index contributed by atoms with van der Waals surface area (Å²) in [6, 6.07) is 0.535. The number of nitrogens with zero attached hydrogens (tertiary/aromatic N) is 2. The first kappa shape index (κ1) is 12.2. The quantitative estimate of drug-likeness (QED) is 0.647. The number of rotatable bonds is 4. The number of nitrogens with one attached hydrogen (secondary N) is 1. The Hall–Kier alpha value is -0.810. The van der Waals surface area contributed by atoms with Crippen molar-refractivity contribution in [3.05, 3.63) is 11.8 Å². The molecule has 5 heteroatoms. The molecule has 2 saturated carbocycles. The summed E-state index contributed by atoms with van der Waals surface area (Å²) in [5.41, 5.74) is 1.34. The van der Waals surface area contributed by atoms with Crippen molar-refractivity contribution >= 4 is 17.6 Å². The smallest absolute Gasteiger partial charge is 0.189 e. The first-order valence-corrected chi connectivity index (χ1v) is 7.77. The maximum absolute atomic E-state index is 9.37. The molecule has 1 atom stereocenters. The van der Waals surface area contributed by atoms with Gasteiger partial charge in [0.2, 0.25) is 0 Å². The van der Waals surface area contributed by atoms with Crippen LogP contribution in [0.15, 0.2) is 11.4 Å². The molecule has 2 aliphatic rings. The molecule has 0 bridgehead atoms. The molecular weight excluding hydrogens is 246 g/mol. The van der Waals surface area contributed by atoms with Gasteiger partial charge >= 0.3 is 0 Å². The Balaban J connectivity index is 1.82. The zero-order valence-electron chi connectivity index (χ0n) is 10.6. The summed E-state index contributed by atoms with van der Waals surface area (Å²) in [5.74, 6) is 0.829. The van der Waals surface area contributed by atoms with Gasteiger partial charge in [-0.3, -0.25) is 0 Å². The van der Waals surface area contributed by atoms with Crippen molar-refractivity contribution in [3.63, 3.8) is 0 Å². The van der Waals surface area contributed by atoms with Crippen LogP contribution in [0.25, 0.3) is 0 Å². The Labute approximate surface area is 112 Å². The molecule has 4 nitrogen and oxygen atoms in total. The van der Waals surface area contributed by atoms with Crippen molar-refractivity contribution in [3.8, 4) is 0 Å². The number of aliphatic hydroxyl groups excluding tert-OH is 1. The minimum Gasteiger partial charge on any atom is -0.391 e. The third kappa shape index (κ3) is 2.10. The van der Waals surface area contributed by atoms with Gasteiger partial charge in [0.15, 0.2) is 5.16 Å². The van der Waals surface area contributed by atoms with E-state index in [9.17, 15) is 5.11 Å². The van der Waals surface area contributed by atoms with Crippen LogP contribution in [0.5, 0.6) is 0 Å². The molecule has 1 aromatic rings. The first-order chi connectivity index (χ1) is 8.77. The van der Waals surface area contributed by atoms with E-state index in [1.54, 1.807) is 6.20 Å². The minimum atomic E-state index is -0.00326. The van der Waals surface area contributed by atoms with E-state index in [0.717, 1.165) is 16.5 Å². The van der Waals surface area contributed by atoms with Gasteiger partial charge in [0.25, 0.3) is 0 Å². The molecule has 0 aliphatic heterocycles. The van der Waals surface area contributed by atoms with Crippen LogP contribution in [0, 0.1) is 5.41 Å². The Kier molecular flexibility index (Phi) is 3.20. The average Bonchev–Trinajstić information content (AvgIpc) is 3.07. The third-order valence-electron chi connectivity index (χ3n) is 4.31. The summed E-state index contributed by atoms with van der Waals surface area (Å²) in [6.45, 7) is -0.00326. The molecule has 1 heterocycles. The Morgan fingerprint density at radius 3 is 3.00 bits per heavy atom. The highest BCUT2D eigenvalue weighted by Crippen LogP contribution is 2.58. The molecule has 2 fully saturated rings. The average molecular weight is 265 g/mol. The van der Waals surface area contributed by atoms with E-state index in [4.69, 9.17) is 0 Å². The van der Waals surface area contributed by atoms with Crippen molar-refractivity contribution in [2.24, 2.45) is 5.41 Å². The van der Waals surface area contributed by atoms with Gasteiger partial charge < -0.3 is 10.4 Å². The zero-order chi connectivity index (χ0) is 12.6. The van der Waals surface area contributed by atoms with Gasteiger partial charge in [-0.2, -0.15) is 0 Å². The number of hydrogen-bond acceptors (Lipinski definition) is 5. The molecule has 2 aliphatic carbocycles. The highest BCUT2D eigenvalue weighted by atomic mass is 32.2. The lowest BCUT2D eigenvalue weighted by Gasteiger charge is -2.22. The Morgan fingerprint density at radius 1 is 1.50 bits per heavy atom. The summed E-state index contributed by atoms with van der Waals surface area (Å²) in [5, 5.41) is 13.7. The van der Waals surface area contributed by atoms with Crippen molar-refractivity contribution in [1.29, 1.82) is 0 Å². The van der Waals surface area contributed by atoms with Crippen molar-refractivity contribution in [2.45, 2.75) is 49.9 Å². The molecule has 1 unspecified atom stereocenters. The standard InChI is InChI=1S/C13H19N3OS/c1-18-12-14-7-9(8-17)11(16-12)15-10-3-2-4-13(10)5-6-13/h7,10,17H,2-6,8H2,1H3,(H,14,15,16). The number of aromatic nitrogens is 2. The van der Waals surface area contributed by atoms with E-state index < -0.39 is 0 Å². The molecule has 0 radical (unpaired) electrons. The number of anilines is 1. The van der Waals surface area contributed by atoms with Crippen LogP contribution >= 0.6 is 11.8 Å². The minimum absolute atomic E-state index is 0.00326. The van der Waals surface area contributed by atoms with Gasteiger partial charge in [0.1, 0.15) is 5.82 Å². The molecule has 1 aromatic heterocycles. The molecule has 18 heavy (non-hydrogen) atoms. The van der Waals surface area contributed by atoms with Crippen LogP contribution in [0.3, 0.4) is 0 Å². The summed E-state index contributed by atoms with van der Waals surface area (Å²) in [6.07, 6.45) is 10.3. The van der Waals surface area contributed by atoms with E-state index in [1.807, 2.05) is 6.26 Å². The van der Waals surface area contributed by atoms with Gasteiger partial charge in [-0.15, -0.1) is 0 Å². The van der Waals surface area contributed by atoms with Crippen molar-refractivity contribution < 1.29 is 5.11 Å². The van der Waals surface area contributed by atoms with E-state index in [-0.39, 0.29) is 6.61 Å². The molecule has 98 valence electrons. The largest absolute Gasteiger partial charge is 0.391 e. The second kappa shape index (κ2) is 4.70. The Morgan fingerprint density at radius 2 is 2.33 bits per heavy atom. The monoisotopic (exact) mass is 265 g/mol. The molecule has 3 rings (SSSR count). The molecular formula is C13H19N3OS. The van der Waals surface area contributed by atoms with Crippen molar-refractivity contribution in [2.75, 3.05) is 11.6 Å².